The number of hydrogen-bond acceptors (Lipinski definition) is 10. The molecule has 4 aromatic rings. The van der Waals surface area contributed by atoms with E-state index in [4.69, 9.17) is 30.9 Å². The number of phosphoric acid groups is 1. The minimum Gasteiger partial charge on any atom is -0.465 e. The number of benzene rings is 2. The second kappa shape index (κ2) is 12.2. The fourth-order valence-corrected chi connectivity index (χ4v) is 4.56. The molecule has 2 aromatic carbocycles. The molecule has 0 spiro atoms. The molecule has 3 heterocycles. The van der Waals surface area contributed by atoms with Crippen LogP contribution in [0.3, 0.4) is 0 Å². The molecule has 5 N–H and O–H groups in total. The van der Waals surface area contributed by atoms with Gasteiger partial charge in [0.1, 0.15) is 10.9 Å². The Morgan fingerprint density at radius 1 is 1.20 bits per heavy atom. The Balaban J connectivity index is 1.48. The Morgan fingerprint density at radius 2 is 2.00 bits per heavy atom. The molecular weight excluding hydrogens is 577 g/mol. The van der Waals surface area contributed by atoms with Crippen molar-refractivity contribution < 1.29 is 33.1 Å². The summed E-state index contributed by atoms with van der Waals surface area (Å²) in [7, 11) is -4.73. The summed E-state index contributed by atoms with van der Waals surface area (Å²) in [6, 6.07) is 12.3. The number of anilines is 4. The van der Waals surface area contributed by atoms with E-state index in [1.807, 2.05) is 11.0 Å². The van der Waals surface area contributed by atoms with Gasteiger partial charge in [-0.2, -0.15) is 10.1 Å². The topological polar surface area (TPSA) is 184 Å². The molecular formula is C25H25ClN7O7P. The lowest BCUT2D eigenvalue weighted by Gasteiger charge is -2.30. The SMILES string of the molecule is C=CC(=O)Nc1cccc(-c2nc(Nc3ccc(N4CCOCC4)c(OCOP(=O)(O)O)c3)nc3n[nH]c(Cl)c23)c1. The maximum absolute atomic E-state index is 11.8. The molecule has 1 saturated heterocycles. The van der Waals surface area contributed by atoms with E-state index >= 15 is 0 Å². The number of morpholine rings is 1. The van der Waals surface area contributed by atoms with Crippen molar-refractivity contribution in [1.82, 2.24) is 20.2 Å². The zero-order valence-corrected chi connectivity index (χ0v) is 23.1. The molecule has 1 fully saturated rings. The minimum atomic E-state index is -4.73. The predicted molar refractivity (Wildman–Crippen MR) is 152 cm³/mol. The van der Waals surface area contributed by atoms with Crippen molar-refractivity contribution in [2.45, 2.75) is 0 Å². The first-order chi connectivity index (χ1) is 19.7. The van der Waals surface area contributed by atoms with Crippen molar-refractivity contribution in [3.05, 3.63) is 60.3 Å². The summed E-state index contributed by atoms with van der Waals surface area (Å²) in [6.07, 6.45) is 1.17. The number of H-pyrrole nitrogens is 1. The van der Waals surface area contributed by atoms with Crippen LogP contribution in [-0.4, -0.2) is 69.0 Å². The molecule has 1 aliphatic heterocycles. The molecule has 214 valence electrons. The van der Waals surface area contributed by atoms with Gasteiger partial charge in [0.25, 0.3) is 0 Å². The van der Waals surface area contributed by atoms with Gasteiger partial charge in [-0.25, -0.2) is 14.1 Å². The summed E-state index contributed by atoms with van der Waals surface area (Å²) in [4.78, 5) is 41.1. The number of aromatic nitrogens is 4. The number of hydrogen-bond donors (Lipinski definition) is 5. The van der Waals surface area contributed by atoms with E-state index in [0.29, 0.717) is 71.4 Å². The minimum absolute atomic E-state index is 0.188. The van der Waals surface area contributed by atoms with Crippen LogP contribution in [0.4, 0.5) is 23.0 Å². The van der Waals surface area contributed by atoms with Crippen LogP contribution in [0.15, 0.2) is 55.1 Å². The van der Waals surface area contributed by atoms with Crippen molar-refractivity contribution in [2.24, 2.45) is 0 Å². The normalized spacial score (nSPS) is 13.7. The maximum atomic E-state index is 11.8. The lowest BCUT2D eigenvalue weighted by molar-refractivity contribution is -0.111. The number of halogens is 1. The summed E-state index contributed by atoms with van der Waals surface area (Å²) < 4.78 is 26.7. The fraction of sp³-hybridized carbons (Fsp3) is 0.200. The molecule has 0 radical (unpaired) electrons. The third kappa shape index (κ3) is 7.00. The first-order valence-electron chi connectivity index (χ1n) is 12.2. The number of nitrogens with one attached hydrogen (secondary N) is 3. The van der Waals surface area contributed by atoms with Gasteiger partial charge in [0, 0.05) is 36.1 Å². The van der Waals surface area contributed by atoms with Crippen LogP contribution in [0, 0.1) is 0 Å². The second-order valence-electron chi connectivity index (χ2n) is 8.69. The van der Waals surface area contributed by atoms with Crippen LogP contribution >= 0.6 is 19.4 Å². The Labute approximate surface area is 238 Å². The molecule has 0 atom stereocenters. The Morgan fingerprint density at radius 3 is 2.76 bits per heavy atom. The van der Waals surface area contributed by atoms with Gasteiger partial charge in [0.15, 0.2) is 12.4 Å². The molecule has 0 bridgehead atoms. The third-order valence-corrected chi connectivity index (χ3v) is 6.68. The molecule has 1 amide bonds. The zero-order chi connectivity index (χ0) is 29.0. The summed E-state index contributed by atoms with van der Waals surface area (Å²) >= 11 is 6.38. The monoisotopic (exact) mass is 601 g/mol. The highest BCUT2D eigenvalue weighted by atomic mass is 35.5. The molecule has 14 nitrogen and oxygen atoms in total. The van der Waals surface area contributed by atoms with E-state index in [2.05, 4.69) is 41.9 Å². The van der Waals surface area contributed by atoms with E-state index in [1.165, 1.54) is 6.08 Å². The van der Waals surface area contributed by atoms with Crippen LogP contribution in [0.5, 0.6) is 5.75 Å². The highest BCUT2D eigenvalue weighted by Crippen LogP contribution is 2.38. The van der Waals surface area contributed by atoms with Crippen molar-refractivity contribution >= 4 is 59.4 Å². The van der Waals surface area contributed by atoms with Gasteiger partial charge in [-0.15, -0.1) is 0 Å². The van der Waals surface area contributed by atoms with E-state index < -0.39 is 14.6 Å². The number of nitrogens with zero attached hydrogens (tertiary/aromatic N) is 4. The zero-order valence-electron chi connectivity index (χ0n) is 21.4. The molecule has 1 aliphatic rings. The number of fused-ring (bicyclic) bond motifs is 1. The van der Waals surface area contributed by atoms with Crippen LogP contribution in [0.1, 0.15) is 0 Å². The summed E-state index contributed by atoms with van der Waals surface area (Å²) in [5, 5.41) is 13.5. The Kier molecular flexibility index (Phi) is 8.49. The van der Waals surface area contributed by atoms with Crippen LogP contribution in [0.25, 0.3) is 22.3 Å². The number of rotatable bonds is 10. The van der Waals surface area contributed by atoms with Gasteiger partial charge in [0.2, 0.25) is 11.9 Å². The second-order valence-corrected chi connectivity index (χ2v) is 10.3. The lowest BCUT2D eigenvalue weighted by Crippen LogP contribution is -2.36. The Bertz CT molecular complexity index is 1640. The van der Waals surface area contributed by atoms with Gasteiger partial charge in [-0.1, -0.05) is 30.3 Å². The molecule has 5 rings (SSSR count). The van der Waals surface area contributed by atoms with E-state index in [9.17, 15) is 9.36 Å². The largest absolute Gasteiger partial charge is 0.472 e. The van der Waals surface area contributed by atoms with Crippen molar-refractivity contribution in [2.75, 3.05) is 48.6 Å². The van der Waals surface area contributed by atoms with E-state index in [1.54, 1.807) is 36.4 Å². The lowest BCUT2D eigenvalue weighted by atomic mass is 10.1. The first-order valence-corrected chi connectivity index (χ1v) is 14.1. The first kappa shape index (κ1) is 28.5. The molecule has 2 aromatic heterocycles. The van der Waals surface area contributed by atoms with Crippen molar-refractivity contribution in [3.8, 4) is 17.0 Å². The Hall–Kier alpha value is -4.04. The van der Waals surface area contributed by atoms with Gasteiger partial charge in [0.05, 0.1) is 30.0 Å². The number of carbonyl (C=O) groups excluding carboxylic acids is 1. The number of ether oxygens (including phenoxy) is 2. The van der Waals surface area contributed by atoms with Crippen LogP contribution in [-0.2, 0) is 18.6 Å². The number of aromatic amines is 1. The standard InChI is InChI=1S/C25H25ClN7O7P/c1-2-20(34)27-16-5-3-4-15(12-16)22-21-23(26)31-32-24(21)30-25(29-22)28-17-6-7-18(33-8-10-38-11-9-33)19(13-17)39-14-40-41(35,36)37/h2-7,12-13H,1,8-11,14H2,(H,27,34)(H2,35,36,37)(H2,28,29,30,31,32). The highest BCUT2D eigenvalue weighted by Gasteiger charge is 2.20. The molecule has 0 aliphatic carbocycles. The van der Waals surface area contributed by atoms with Crippen molar-refractivity contribution in [3.63, 3.8) is 0 Å². The summed E-state index contributed by atoms with van der Waals surface area (Å²) in [5.41, 5.74) is 3.16. The number of carbonyl (C=O) groups is 1. The number of amides is 1. The number of phosphoric ester groups is 1. The molecule has 16 heteroatoms. The summed E-state index contributed by atoms with van der Waals surface area (Å²) in [5.74, 6) is 0.149. The van der Waals surface area contributed by atoms with Crippen LogP contribution in [0.2, 0.25) is 5.15 Å². The van der Waals surface area contributed by atoms with Crippen molar-refractivity contribution in [1.29, 1.82) is 0 Å². The molecule has 0 saturated carbocycles. The van der Waals surface area contributed by atoms with Gasteiger partial charge in [-0.05, 0) is 30.3 Å². The smallest absolute Gasteiger partial charge is 0.465 e. The van der Waals surface area contributed by atoms with Gasteiger partial charge >= 0.3 is 7.82 Å². The average molecular weight is 602 g/mol. The average Bonchev–Trinajstić information content (AvgIpc) is 3.33. The van der Waals surface area contributed by atoms with E-state index in [0.717, 1.165) is 0 Å². The quantitative estimate of drug-likeness (QED) is 0.101. The maximum Gasteiger partial charge on any atom is 0.472 e. The predicted octanol–water partition coefficient (Wildman–Crippen LogP) is 3.82. The fourth-order valence-electron chi connectivity index (χ4n) is 4.15. The molecule has 0 unspecified atom stereocenters. The van der Waals surface area contributed by atoms with Gasteiger partial charge < -0.3 is 34.8 Å². The van der Waals surface area contributed by atoms with Gasteiger partial charge in [-0.3, -0.25) is 9.89 Å². The third-order valence-electron chi connectivity index (χ3n) is 5.96. The van der Waals surface area contributed by atoms with E-state index in [-0.39, 0.29) is 17.0 Å². The van der Waals surface area contributed by atoms with Crippen LogP contribution < -0.4 is 20.3 Å². The highest BCUT2D eigenvalue weighted by molar-refractivity contribution is 7.46. The molecule has 41 heavy (non-hydrogen) atoms. The summed E-state index contributed by atoms with van der Waals surface area (Å²) in [6.45, 7) is 5.08.